The molecule has 0 spiro atoms. The van der Waals surface area contributed by atoms with Crippen molar-refractivity contribution in [2.45, 2.75) is 46.6 Å². The smallest absolute Gasteiger partial charge is 0.360 e. The Morgan fingerprint density at radius 3 is 2.74 bits per heavy atom. The van der Waals surface area contributed by atoms with E-state index in [0.717, 1.165) is 25.0 Å². The van der Waals surface area contributed by atoms with Crippen molar-refractivity contribution in [2.75, 3.05) is 13.2 Å². The van der Waals surface area contributed by atoms with E-state index in [1.54, 1.807) is 4.68 Å². The molecule has 0 atom stereocenters. The third-order valence-electron chi connectivity index (χ3n) is 2.75. The highest BCUT2D eigenvalue weighted by Crippen LogP contribution is 2.08. The molecule has 108 valence electrons. The van der Waals surface area contributed by atoms with Gasteiger partial charge in [-0.3, -0.25) is 0 Å². The number of rotatable bonds is 8. The van der Waals surface area contributed by atoms with Crippen LogP contribution >= 0.6 is 0 Å². The van der Waals surface area contributed by atoms with E-state index in [2.05, 4.69) is 10.3 Å². The standard InChI is InChI=1S/C13H23N3O3/c1-10(2)9-19-13(18)12-11(3)16(15-14-12)7-5-4-6-8-17/h10,17H,4-9H2,1-3H3. The van der Waals surface area contributed by atoms with Crippen molar-refractivity contribution >= 4 is 5.97 Å². The summed E-state index contributed by atoms with van der Waals surface area (Å²) in [7, 11) is 0. The first-order valence-electron chi connectivity index (χ1n) is 6.74. The summed E-state index contributed by atoms with van der Waals surface area (Å²) in [6, 6.07) is 0. The highest BCUT2D eigenvalue weighted by atomic mass is 16.5. The average molecular weight is 269 g/mol. The van der Waals surface area contributed by atoms with Gasteiger partial charge in [-0.2, -0.15) is 0 Å². The quantitative estimate of drug-likeness (QED) is 0.572. The molecular weight excluding hydrogens is 246 g/mol. The summed E-state index contributed by atoms with van der Waals surface area (Å²) in [5.41, 5.74) is 1.03. The van der Waals surface area contributed by atoms with Crippen molar-refractivity contribution in [2.24, 2.45) is 5.92 Å². The Hall–Kier alpha value is -1.43. The number of carbonyl (C=O) groups excluding carboxylic acids is 1. The van der Waals surface area contributed by atoms with Gasteiger partial charge in [0.2, 0.25) is 0 Å². The van der Waals surface area contributed by atoms with E-state index >= 15 is 0 Å². The van der Waals surface area contributed by atoms with Crippen molar-refractivity contribution in [3.63, 3.8) is 0 Å². The molecule has 0 saturated carbocycles. The fraction of sp³-hybridized carbons (Fsp3) is 0.769. The molecule has 1 aromatic heterocycles. The summed E-state index contributed by atoms with van der Waals surface area (Å²) in [5, 5.41) is 16.5. The van der Waals surface area contributed by atoms with Crippen molar-refractivity contribution in [3.05, 3.63) is 11.4 Å². The number of carbonyl (C=O) groups is 1. The normalized spacial score (nSPS) is 11.0. The number of nitrogens with zero attached hydrogens (tertiary/aromatic N) is 3. The van der Waals surface area contributed by atoms with E-state index in [0.29, 0.717) is 24.8 Å². The Labute approximate surface area is 113 Å². The number of unbranched alkanes of at least 4 members (excludes halogenated alkanes) is 2. The maximum absolute atomic E-state index is 11.8. The number of aliphatic hydroxyl groups excluding tert-OH is 1. The molecule has 19 heavy (non-hydrogen) atoms. The number of aryl methyl sites for hydroxylation is 1. The monoisotopic (exact) mass is 269 g/mol. The van der Waals surface area contributed by atoms with Gasteiger partial charge in [0.05, 0.1) is 12.3 Å². The first-order valence-corrected chi connectivity index (χ1v) is 6.74. The number of aromatic nitrogens is 3. The maximum Gasteiger partial charge on any atom is 0.360 e. The van der Waals surface area contributed by atoms with Gasteiger partial charge < -0.3 is 9.84 Å². The molecule has 0 aliphatic rings. The van der Waals surface area contributed by atoms with E-state index in [1.165, 1.54) is 0 Å². The molecule has 0 aliphatic carbocycles. The van der Waals surface area contributed by atoms with Gasteiger partial charge >= 0.3 is 5.97 Å². The molecule has 1 rings (SSSR count). The van der Waals surface area contributed by atoms with Gasteiger partial charge in [0.1, 0.15) is 0 Å². The number of hydrogen-bond donors (Lipinski definition) is 1. The van der Waals surface area contributed by atoms with Crippen molar-refractivity contribution in [1.29, 1.82) is 0 Å². The maximum atomic E-state index is 11.8. The molecule has 0 radical (unpaired) electrons. The Morgan fingerprint density at radius 1 is 1.37 bits per heavy atom. The average Bonchev–Trinajstić information content (AvgIpc) is 2.73. The van der Waals surface area contributed by atoms with Crippen molar-refractivity contribution in [1.82, 2.24) is 15.0 Å². The molecule has 0 fully saturated rings. The van der Waals surface area contributed by atoms with Gasteiger partial charge in [-0.05, 0) is 32.1 Å². The van der Waals surface area contributed by atoms with Crippen LogP contribution in [0.1, 0.15) is 49.3 Å². The molecule has 6 heteroatoms. The minimum absolute atomic E-state index is 0.211. The molecular formula is C13H23N3O3. The Bertz CT molecular complexity index is 402. The lowest BCUT2D eigenvalue weighted by molar-refractivity contribution is 0.0451. The largest absolute Gasteiger partial charge is 0.461 e. The first kappa shape index (κ1) is 15.6. The molecule has 0 saturated heterocycles. The lowest BCUT2D eigenvalue weighted by Crippen LogP contribution is -2.12. The molecule has 1 heterocycles. The predicted molar refractivity (Wildman–Crippen MR) is 70.8 cm³/mol. The topological polar surface area (TPSA) is 77.2 Å². The van der Waals surface area contributed by atoms with Crippen LogP contribution in [0.5, 0.6) is 0 Å². The van der Waals surface area contributed by atoms with Gasteiger partial charge in [-0.1, -0.05) is 19.1 Å². The van der Waals surface area contributed by atoms with E-state index in [1.807, 2.05) is 20.8 Å². The zero-order valence-electron chi connectivity index (χ0n) is 11.9. The van der Waals surface area contributed by atoms with Gasteiger partial charge in [0.15, 0.2) is 5.69 Å². The molecule has 0 aliphatic heterocycles. The SMILES string of the molecule is Cc1c(C(=O)OCC(C)C)nnn1CCCCCO. The fourth-order valence-corrected chi connectivity index (χ4v) is 1.62. The Kier molecular flexibility index (Phi) is 6.49. The minimum Gasteiger partial charge on any atom is -0.461 e. The predicted octanol–water partition coefficient (Wildman–Crippen LogP) is 1.56. The van der Waals surface area contributed by atoms with Gasteiger partial charge in [-0.15, -0.1) is 5.10 Å². The van der Waals surface area contributed by atoms with Crippen LogP contribution in [-0.4, -0.2) is 39.3 Å². The van der Waals surface area contributed by atoms with E-state index in [4.69, 9.17) is 9.84 Å². The second-order valence-electron chi connectivity index (χ2n) is 5.02. The molecule has 0 amide bonds. The molecule has 1 N–H and O–H groups in total. The van der Waals surface area contributed by atoms with Crippen LogP contribution in [0.2, 0.25) is 0 Å². The Morgan fingerprint density at radius 2 is 2.11 bits per heavy atom. The molecule has 1 aromatic rings. The number of ether oxygens (including phenoxy) is 1. The van der Waals surface area contributed by atoms with Crippen LogP contribution < -0.4 is 0 Å². The lowest BCUT2D eigenvalue weighted by atomic mass is 10.2. The number of aliphatic hydroxyl groups is 1. The molecule has 6 nitrogen and oxygen atoms in total. The van der Waals surface area contributed by atoms with Crippen LogP contribution in [0.3, 0.4) is 0 Å². The lowest BCUT2D eigenvalue weighted by Gasteiger charge is -2.06. The van der Waals surface area contributed by atoms with Gasteiger partial charge in [0.25, 0.3) is 0 Å². The third-order valence-corrected chi connectivity index (χ3v) is 2.75. The zero-order valence-corrected chi connectivity index (χ0v) is 11.9. The fourth-order valence-electron chi connectivity index (χ4n) is 1.62. The first-order chi connectivity index (χ1) is 9.06. The van der Waals surface area contributed by atoms with Gasteiger partial charge in [0, 0.05) is 13.2 Å². The summed E-state index contributed by atoms with van der Waals surface area (Å²) in [4.78, 5) is 11.8. The highest BCUT2D eigenvalue weighted by molar-refractivity contribution is 5.88. The molecule has 0 unspecified atom stereocenters. The second kappa shape index (κ2) is 7.89. The summed E-state index contributed by atoms with van der Waals surface area (Å²) in [6.07, 6.45) is 2.63. The highest BCUT2D eigenvalue weighted by Gasteiger charge is 2.17. The van der Waals surface area contributed by atoms with Crippen LogP contribution in [-0.2, 0) is 11.3 Å². The van der Waals surface area contributed by atoms with Crippen LogP contribution in [0.15, 0.2) is 0 Å². The summed E-state index contributed by atoms with van der Waals surface area (Å²) in [6.45, 7) is 7.09. The number of hydrogen-bond acceptors (Lipinski definition) is 5. The molecule has 0 aromatic carbocycles. The van der Waals surface area contributed by atoms with Crippen molar-refractivity contribution in [3.8, 4) is 0 Å². The van der Waals surface area contributed by atoms with Crippen LogP contribution in [0, 0.1) is 12.8 Å². The number of esters is 1. The van der Waals surface area contributed by atoms with E-state index < -0.39 is 5.97 Å². The zero-order chi connectivity index (χ0) is 14.3. The summed E-state index contributed by atoms with van der Waals surface area (Å²) >= 11 is 0. The summed E-state index contributed by atoms with van der Waals surface area (Å²) in [5.74, 6) is -0.106. The summed E-state index contributed by atoms with van der Waals surface area (Å²) < 4.78 is 6.85. The van der Waals surface area contributed by atoms with E-state index in [-0.39, 0.29) is 6.61 Å². The van der Waals surface area contributed by atoms with Crippen LogP contribution in [0.4, 0.5) is 0 Å². The minimum atomic E-state index is -0.409. The van der Waals surface area contributed by atoms with Crippen LogP contribution in [0.25, 0.3) is 0 Å². The Balaban J connectivity index is 2.52. The van der Waals surface area contributed by atoms with Crippen molar-refractivity contribution < 1.29 is 14.6 Å². The second-order valence-corrected chi connectivity index (χ2v) is 5.02. The van der Waals surface area contributed by atoms with E-state index in [9.17, 15) is 4.79 Å². The third kappa shape index (κ3) is 4.98. The molecule has 0 bridgehead atoms. The van der Waals surface area contributed by atoms with Gasteiger partial charge in [-0.25, -0.2) is 9.48 Å².